The minimum atomic E-state index is -1.97. The number of aromatic amines is 1. The number of fused-ring (bicyclic) bond motifs is 4. The number of para-hydroxylation sites is 2. The molecule has 2 aromatic heterocycles. The van der Waals surface area contributed by atoms with Gasteiger partial charge in [0.05, 0.1) is 18.3 Å². The molecule has 15 atom stereocenters. The van der Waals surface area contributed by atoms with E-state index < -0.39 is 242 Å². The number of rotatable bonds is 24. The molecule has 702 valence electrons. The van der Waals surface area contributed by atoms with Crippen molar-refractivity contribution in [3.63, 3.8) is 0 Å². The number of primary amides is 1. The summed E-state index contributed by atoms with van der Waals surface area (Å²) in [7, 11) is 3.77. The highest BCUT2D eigenvalue weighted by atomic mass is 32.2. The predicted octanol–water partition coefficient (Wildman–Crippen LogP) is -2.21. The Balaban J connectivity index is 1.18. The van der Waals surface area contributed by atoms with E-state index in [-0.39, 0.29) is 95.4 Å². The Labute approximate surface area is 749 Å². The number of nitrogens with two attached hydrogens (primary N) is 3. The van der Waals surface area contributed by atoms with Crippen LogP contribution in [0.1, 0.15) is 135 Å². The fourth-order valence-corrected chi connectivity index (χ4v) is 17.0. The van der Waals surface area contributed by atoms with Crippen LogP contribution in [-0.2, 0) is 112 Å². The summed E-state index contributed by atoms with van der Waals surface area (Å²) in [5.41, 5.74) is 20.5. The number of nitrogens with zero attached hydrogens (tertiary/aromatic N) is 6. The maximum absolute atomic E-state index is 15.8. The number of thioether (sulfide) groups is 1. The van der Waals surface area contributed by atoms with E-state index >= 15 is 28.8 Å². The van der Waals surface area contributed by atoms with Crippen molar-refractivity contribution >= 4 is 140 Å². The number of amides is 15. The molecule has 8 rings (SSSR count). The van der Waals surface area contributed by atoms with Gasteiger partial charge in [-0.05, 0) is 98.9 Å². The molecule has 0 radical (unpaired) electrons. The molecule has 3 saturated heterocycles. The minimum Gasteiger partial charge on any atom is -0.508 e. The van der Waals surface area contributed by atoms with E-state index in [0.29, 0.717) is 57.6 Å². The molecule has 3 aliphatic rings. The molecule has 0 spiro atoms. The summed E-state index contributed by atoms with van der Waals surface area (Å²) in [5.74, 6) is -18.9. The van der Waals surface area contributed by atoms with Crippen molar-refractivity contribution in [3.8, 4) is 5.75 Å². The number of nitrogens with one attached hydrogen (secondary N) is 10. The number of unbranched alkanes of at least 4 members (excludes halogenated alkanes) is 2. The number of likely N-dealkylation sites (N-methyl/N-ethyl adjacent to an activating group) is 3. The molecule has 3 fully saturated rings. The van der Waals surface area contributed by atoms with Crippen molar-refractivity contribution in [2.75, 3.05) is 58.8 Å². The molecular weight excluding hydrogens is 1700 g/mol. The fraction of sp³-hybridized carbons (Fsp3) is 0.540. The van der Waals surface area contributed by atoms with Crippen LogP contribution < -0.4 is 65.1 Å². The lowest BCUT2D eigenvalue weighted by molar-refractivity contribution is -0.149. The number of carbonyl (C=O) groups excluding carboxylic acids is 16. The quantitative estimate of drug-likeness (QED) is 0.0291. The van der Waals surface area contributed by atoms with Gasteiger partial charge in [0.2, 0.25) is 88.6 Å². The molecule has 20 N–H and O–H groups in total. The summed E-state index contributed by atoms with van der Waals surface area (Å²) in [6, 6.07) is -2.93. The SMILES string of the molecule is CCCC[C@H]1C(=O)N(C)[C@@H](CCCC)C(=O)N[C@@H](CC(=O)O)C(=O)N[C@H](C(N)=O)CSCC(=O)N[C@@H](Cc2ccc(O)cc2)C(=O)N(C)[C@@H](C)C(=O)N[C@@H](CC=O)C(=O)N2CCC[C@H]2C(=O)N[C@@H](CN)C(=O)N[C@@H](CC(C)C)C(=O)N2C[C@H](O)C[C@H]2C(=O)N[C@@H](Cc2c[nH]c3ccccc23)C(=O)N[C@@H](CCN)C(=O)N[C@@H](Cc2cn(CC(=O)O)c3ccccc23)C(=O)N1C. The molecule has 5 heterocycles. The molecule has 0 aliphatic carbocycles. The number of H-pyrrole nitrogens is 1. The van der Waals surface area contributed by atoms with Crippen molar-refractivity contribution in [1.29, 1.82) is 0 Å². The summed E-state index contributed by atoms with van der Waals surface area (Å²) >= 11 is 0.720. The number of phenolic OH excluding ortho intramolecular Hbond substituents is 1. The van der Waals surface area contributed by atoms with Crippen LogP contribution in [0.3, 0.4) is 0 Å². The monoisotopic (exact) mass is 1820 g/mol. The number of aromatic nitrogens is 2. The second kappa shape index (κ2) is 48.0. The molecule has 129 heavy (non-hydrogen) atoms. The summed E-state index contributed by atoms with van der Waals surface area (Å²) in [6.07, 6.45) is 0.0542. The van der Waals surface area contributed by atoms with E-state index in [4.69, 9.17) is 17.2 Å². The number of carbonyl (C=O) groups is 18. The largest absolute Gasteiger partial charge is 0.508 e. The Morgan fingerprint density at radius 1 is 0.566 bits per heavy atom. The number of aromatic hydroxyl groups is 1. The molecule has 41 nitrogen and oxygen atoms in total. The lowest BCUT2D eigenvalue weighted by Crippen LogP contribution is -2.61. The number of aliphatic carboxylic acids is 2. The molecule has 0 bridgehead atoms. The summed E-state index contributed by atoms with van der Waals surface area (Å²) in [5, 5.41) is 66.3. The third-order valence-electron chi connectivity index (χ3n) is 23.3. The zero-order valence-electron chi connectivity index (χ0n) is 73.6. The van der Waals surface area contributed by atoms with Crippen LogP contribution in [0, 0.1) is 5.92 Å². The molecule has 5 aromatic rings. The second-order valence-corrected chi connectivity index (χ2v) is 34.3. The van der Waals surface area contributed by atoms with Crippen molar-refractivity contribution in [1.82, 2.24) is 81.9 Å². The van der Waals surface area contributed by atoms with E-state index in [1.807, 2.05) is 0 Å². The van der Waals surface area contributed by atoms with Crippen molar-refractivity contribution < 1.29 is 107 Å². The van der Waals surface area contributed by atoms with Gasteiger partial charge in [-0.3, -0.25) is 81.5 Å². The molecule has 42 heteroatoms. The highest BCUT2D eigenvalue weighted by Gasteiger charge is 2.47. The molecule has 3 aliphatic heterocycles. The normalized spacial score (nSPS) is 25.4. The maximum Gasteiger partial charge on any atom is 0.323 e. The maximum atomic E-state index is 15.8. The Bertz CT molecular complexity index is 4890. The first-order valence-corrected chi connectivity index (χ1v) is 44.3. The van der Waals surface area contributed by atoms with Crippen LogP contribution in [0.2, 0.25) is 0 Å². The average Bonchev–Trinajstić information content (AvgIpc) is 1.66. The lowest BCUT2D eigenvalue weighted by Gasteiger charge is -2.36. The number of benzene rings is 3. The Hall–Kier alpha value is -12.6. The third-order valence-corrected chi connectivity index (χ3v) is 24.3. The van der Waals surface area contributed by atoms with Crippen LogP contribution in [0.4, 0.5) is 0 Å². The Morgan fingerprint density at radius 2 is 1.12 bits per heavy atom. The van der Waals surface area contributed by atoms with Gasteiger partial charge < -0.3 is 124 Å². The zero-order chi connectivity index (χ0) is 94.8. The number of aliphatic hydroxyl groups is 1. The van der Waals surface area contributed by atoms with Gasteiger partial charge in [-0.2, -0.15) is 0 Å². The first-order chi connectivity index (χ1) is 61.3. The number of carboxylic acid groups (broad SMARTS) is 2. The molecule has 0 saturated carbocycles. The van der Waals surface area contributed by atoms with E-state index in [1.165, 1.54) is 63.1 Å². The standard InChI is InChI=1S/C87H121N19O22S/c1-9-11-21-67-80(121)96-60(39-72(111)112)78(119)100-65(74(90)115)45-129-46-71(110)92-62(35-49-25-27-52(108)28-26-49)83(124)101(6)48(5)75(116)94-58(30-33-107)85(126)105-32-17-24-68(105)81(122)99-64(40-89)79(120)97-61(34-47(3)4)86(127)106-43-53(109)38-70(106)82(123)95-59(36-50-41-91-56-20-15-13-18-54(50)56)77(118)93-57(29-31-88)76(117)98-63(84(125)103(8)69(22-12-10-2)87(128)102(67)7)37-51-42-104(44-73(113)114)66-23-16-14-19-55(51)66/h13-16,18-20,23,25-28,33,41-42,47-48,53,57-65,67-70,91,108-109H,9-12,17,21-22,24,29-32,34-40,43-46,88-89H2,1-8H3,(H2,90,115)(H,92,110)(H,93,118)(H,94,116)(H,95,123)(H,96,121)(H,97,120)(H,98,117)(H,99,122)(H,100,119)(H,111,112)(H,113,114)/t48-,53+,57-,58-,59-,60-,61-,62-,63-,64-,65-,67-,68-,69-,70-/m0/s1. The topological polar surface area (TPSA) is 611 Å². The van der Waals surface area contributed by atoms with Gasteiger partial charge in [0.15, 0.2) is 0 Å². The Kier molecular flexibility index (Phi) is 37.9. The first kappa shape index (κ1) is 102. The number of carboxylic acids is 2. The molecule has 0 unspecified atom stereocenters. The van der Waals surface area contributed by atoms with Crippen LogP contribution in [0.5, 0.6) is 5.75 Å². The van der Waals surface area contributed by atoms with Gasteiger partial charge in [-0.1, -0.05) is 102 Å². The van der Waals surface area contributed by atoms with E-state index in [1.54, 1.807) is 82.4 Å². The van der Waals surface area contributed by atoms with E-state index in [2.05, 4.69) is 52.8 Å². The molecule has 15 amide bonds. The highest BCUT2D eigenvalue weighted by Crippen LogP contribution is 2.29. The number of aldehydes is 1. The number of hydrogen-bond acceptors (Lipinski definition) is 23. The van der Waals surface area contributed by atoms with E-state index in [0.717, 1.165) is 36.3 Å². The minimum absolute atomic E-state index is 0.0107. The number of phenols is 1. The summed E-state index contributed by atoms with van der Waals surface area (Å²) in [6.45, 7) is 6.39. The average molecular weight is 1820 g/mol. The highest BCUT2D eigenvalue weighted by molar-refractivity contribution is 8.00. The smallest absolute Gasteiger partial charge is 0.323 e. The van der Waals surface area contributed by atoms with Crippen molar-refractivity contribution in [3.05, 3.63) is 102 Å². The predicted molar refractivity (Wildman–Crippen MR) is 471 cm³/mol. The summed E-state index contributed by atoms with van der Waals surface area (Å²) in [4.78, 5) is 267. The molecule has 3 aromatic carbocycles. The van der Waals surface area contributed by atoms with Crippen LogP contribution in [0.15, 0.2) is 85.2 Å². The third kappa shape index (κ3) is 27.5. The van der Waals surface area contributed by atoms with Gasteiger partial charge in [-0.15, -0.1) is 11.8 Å². The van der Waals surface area contributed by atoms with Gasteiger partial charge >= 0.3 is 11.9 Å². The van der Waals surface area contributed by atoms with Gasteiger partial charge in [0, 0.05) is 113 Å². The van der Waals surface area contributed by atoms with Crippen LogP contribution >= 0.6 is 11.8 Å². The zero-order valence-corrected chi connectivity index (χ0v) is 74.4. The molecular formula is C87H121N19O22S. The number of aliphatic hydroxyl groups excluding tert-OH is 1. The van der Waals surface area contributed by atoms with Gasteiger partial charge in [-0.25, -0.2) is 0 Å². The lowest BCUT2D eigenvalue weighted by atomic mass is 9.99. The van der Waals surface area contributed by atoms with Crippen molar-refractivity contribution in [2.24, 2.45) is 23.1 Å². The second-order valence-electron chi connectivity index (χ2n) is 33.2. The van der Waals surface area contributed by atoms with Gasteiger partial charge in [0.1, 0.15) is 103 Å². The number of hydrogen-bond donors (Lipinski definition) is 17. The summed E-state index contributed by atoms with van der Waals surface area (Å²) < 4.78 is 1.42. The van der Waals surface area contributed by atoms with E-state index in [9.17, 15) is 78.0 Å². The van der Waals surface area contributed by atoms with Crippen LogP contribution in [0.25, 0.3) is 21.8 Å². The van der Waals surface area contributed by atoms with Crippen molar-refractivity contribution in [2.45, 2.75) is 235 Å². The van der Waals surface area contributed by atoms with Crippen LogP contribution in [-0.4, -0.2) is 311 Å². The fourth-order valence-electron chi connectivity index (χ4n) is 16.1. The Morgan fingerprint density at radius 3 is 1.77 bits per heavy atom. The first-order valence-electron chi connectivity index (χ1n) is 43.2. The van der Waals surface area contributed by atoms with Gasteiger partial charge in [0.25, 0.3) is 0 Å².